The van der Waals surface area contributed by atoms with Crippen LogP contribution in [0.3, 0.4) is 0 Å². The highest BCUT2D eigenvalue weighted by atomic mass is 35.5. The number of fused-ring (bicyclic) bond motifs is 3. The number of aromatic nitrogens is 2. The molecule has 2 heterocycles. The fourth-order valence-corrected chi connectivity index (χ4v) is 4.83. The monoisotopic (exact) mass is 430 g/mol. The Bertz CT molecular complexity index is 1130. The molecule has 0 aliphatic heterocycles. The maximum atomic E-state index is 12.9. The smallest absolute Gasteiger partial charge is 0.308 e. The van der Waals surface area contributed by atoms with Gasteiger partial charge in [0, 0.05) is 22.0 Å². The van der Waals surface area contributed by atoms with Crippen LogP contribution in [0, 0.1) is 0 Å². The van der Waals surface area contributed by atoms with E-state index in [1.54, 1.807) is 35.6 Å². The van der Waals surface area contributed by atoms with Crippen LogP contribution in [0.2, 0.25) is 5.02 Å². The Morgan fingerprint density at radius 1 is 1.17 bits per heavy atom. The third kappa shape index (κ3) is 4.26. The van der Waals surface area contributed by atoms with Crippen molar-refractivity contribution in [3.8, 4) is 0 Å². The van der Waals surface area contributed by atoms with Gasteiger partial charge in [0.25, 0.3) is 5.56 Å². The third-order valence-corrected chi connectivity index (χ3v) is 6.48. The second-order valence-corrected chi connectivity index (χ2v) is 8.49. The van der Waals surface area contributed by atoms with Crippen LogP contribution < -0.4 is 5.56 Å². The minimum Gasteiger partial charge on any atom is -0.457 e. The maximum Gasteiger partial charge on any atom is 0.308 e. The third-order valence-electron chi connectivity index (χ3n) is 5.03. The van der Waals surface area contributed by atoms with Crippen molar-refractivity contribution in [1.29, 1.82) is 0 Å². The van der Waals surface area contributed by atoms with E-state index in [0.29, 0.717) is 16.0 Å². The number of esters is 1. The minimum atomic E-state index is -0.536. The van der Waals surface area contributed by atoms with Crippen LogP contribution in [-0.2, 0) is 28.9 Å². The van der Waals surface area contributed by atoms with Gasteiger partial charge < -0.3 is 4.74 Å². The number of benzene rings is 1. The quantitative estimate of drug-likeness (QED) is 0.439. The zero-order valence-corrected chi connectivity index (χ0v) is 17.2. The number of nitrogens with zero attached hydrogens (tertiary/aromatic N) is 2. The molecule has 0 unspecified atom stereocenters. The van der Waals surface area contributed by atoms with Gasteiger partial charge in [-0.1, -0.05) is 11.6 Å². The lowest BCUT2D eigenvalue weighted by Gasteiger charge is -2.10. The van der Waals surface area contributed by atoms with Gasteiger partial charge >= 0.3 is 5.97 Å². The Morgan fingerprint density at radius 2 is 1.93 bits per heavy atom. The van der Waals surface area contributed by atoms with Gasteiger partial charge in [-0.2, -0.15) is 0 Å². The number of ether oxygens (including phenoxy) is 1. The summed E-state index contributed by atoms with van der Waals surface area (Å²) in [5.74, 6) is -0.841. The number of rotatable bonds is 6. The molecule has 0 spiro atoms. The number of carbonyl (C=O) groups excluding carboxylic acids is 2. The molecule has 0 radical (unpaired) electrons. The minimum absolute atomic E-state index is 0.00663. The molecule has 0 saturated heterocycles. The molecule has 1 aromatic carbocycles. The van der Waals surface area contributed by atoms with Crippen LogP contribution in [-0.4, -0.2) is 27.9 Å². The van der Waals surface area contributed by atoms with Crippen LogP contribution in [0.4, 0.5) is 0 Å². The number of hydrogen-bond donors (Lipinski definition) is 0. The molecule has 6 nitrogen and oxygen atoms in total. The van der Waals surface area contributed by atoms with Crippen molar-refractivity contribution in [2.75, 3.05) is 6.61 Å². The molecule has 4 rings (SSSR count). The van der Waals surface area contributed by atoms with Crippen molar-refractivity contribution in [3.63, 3.8) is 0 Å². The average Bonchev–Trinajstić information content (AvgIpc) is 3.11. The summed E-state index contributed by atoms with van der Waals surface area (Å²) in [4.78, 5) is 43.4. The molecule has 2 aromatic heterocycles. The number of ketones is 1. The zero-order valence-electron chi connectivity index (χ0n) is 15.7. The Balaban J connectivity index is 1.38. The number of halogens is 1. The summed E-state index contributed by atoms with van der Waals surface area (Å²) in [5.41, 5.74) is 1.44. The topological polar surface area (TPSA) is 78.3 Å². The fourth-order valence-electron chi connectivity index (χ4n) is 3.49. The average molecular weight is 431 g/mol. The maximum absolute atomic E-state index is 12.9. The van der Waals surface area contributed by atoms with E-state index in [0.717, 1.165) is 36.1 Å². The molecule has 0 N–H and O–H groups in total. The van der Waals surface area contributed by atoms with Crippen LogP contribution in [0.5, 0.6) is 0 Å². The van der Waals surface area contributed by atoms with E-state index in [1.165, 1.54) is 15.8 Å². The molecule has 29 heavy (non-hydrogen) atoms. The lowest BCUT2D eigenvalue weighted by molar-refractivity contribution is -0.142. The van der Waals surface area contributed by atoms with E-state index < -0.39 is 5.97 Å². The molecule has 8 heteroatoms. The first-order valence-electron chi connectivity index (χ1n) is 9.47. The summed E-state index contributed by atoms with van der Waals surface area (Å²) in [6.45, 7) is -0.176. The molecular formula is C21H19ClN2O4S. The van der Waals surface area contributed by atoms with Crippen molar-refractivity contribution in [2.45, 2.75) is 38.6 Å². The van der Waals surface area contributed by atoms with Crippen molar-refractivity contribution in [2.24, 2.45) is 0 Å². The fraction of sp³-hybridized carbons (Fsp3) is 0.333. The zero-order chi connectivity index (χ0) is 20.4. The van der Waals surface area contributed by atoms with Gasteiger partial charge in [0.2, 0.25) is 0 Å². The summed E-state index contributed by atoms with van der Waals surface area (Å²) in [6, 6.07) is 6.38. The Hall–Kier alpha value is -2.51. The van der Waals surface area contributed by atoms with Crippen molar-refractivity contribution in [3.05, 3.63) is 62.0 Å². The summed E-state index contributed by atoms with van der Waals surface area (Å²) >= 11 is 7.39. The predicted molar refractivity (Wildman–Crippen MR) is 112 cm³/mol. The van der Waals surface area contributed by atoms with Crippen molar-refractivity contribution in [1.82, 2.24) is 9.55 Å². The summed E-state index contributed by atoms with van der Waals surface area (Å²) in [6.07, 6.45) is 5.62. The molecule has 1 aliphatic carbocycles. The highest BCUT2D eigenvalue weighted by molar-refractivity contribution is 7.18. The van der Waals surface area contributed by atoms with Crippen molar-refractivity contribution < 1.29 is 14.3 Å². The van der Waals surface area contributed by atoms with Gasteiger partial charge in [-0.15, -0.1) is 11.3 Å². The molecule has 0 saturated carbocycles. The van der Waals surface area contributed by atoms with E-state index in [2.05, 4.69) is 4.98 Å². The van der Waals surface area contributed by atoms with Gasteiger partial charge in [-0.3, -0.25) is 19.0 Å². The number of hydrogen-bond acceptors (Lipinski definition) is 6. The number of thiophene rings is 1. The second kappa shape index (κ2) is 8.47. The van der Waals surface area contributed by atoms with Crippen LogP contribution in [0.15, 0.2) is 35.4 Å². The lowest BCUT2D eigenvalue weighted by atomic mass is 9.97. The van der Waals surface area contributed by atoms with E-state index >= 15 is 0 Å². The van der Waals surface area contributed by atoms with Gasteiger partial charge in [0.05, 0.1) is 18.1 Å². The van der Waals surface area contributed by atoms with E-state index in [1.807, 2.05) is 0 Å². The normalized spacial score (nSPS) is 13.3. The molecule has 150 valence electrons. The largest absolute Gasteiger partial charge is 0.457 e. The summed E-state index contributed by atoms with van der Waals surface area (Å²) < 4.78 is 6.51. The Morgan fingerprint density at radius 3 is 2.72 bits per heavy atom. The van der Waals surface area contributed by atoms with Gasteiger partial charge in [-0.25, -0.2) is 4.98 Å². The SMILES string of the molecule is O=C(CCn1cnc2sc3c(c2c1=O)CCCC3)OCC(=O)c1ccc(Cl)cc1. The van der Waals surface area contributed by atoms with E-state index in [9.17, 15) is 14.4 Å². The first-order chi connectivity index (χ1) is 14.0. The number of carbonyl (C=O) groups is 2. The highest BCUT2D eigenvalue weighted by Gasteiger charge is 2.20. The molecule has 3 aromatic rings. The Labute approximate surface area is 176 Å². The highest BCUT2D eigenvalue weighted by Crippen LogP contribution is 2.33. The first-order valence-corrected chi connectivity index (χ1v) is 10.7. The van der Waals surface area contributed by atoms with Crippen molar-refractivity contribution >= 4 is 44.9 Å². The van der Waals surface area contributed by atoms with Gasteiger partial charge in [0.1, 0.15) is 4.83 Å². The molecule has 0 atom stereocenters. The molecule has 0 bridgehead atoms. The van der Waals surface area contributed by atoms with Gasteiger partial charge in [0.15, 0.2) is 12.4 Å². The Kier molecular flexibility index (Phi) is 5.78. The van der Waals surface area contributed by atoms with E-state index in [-0.39, 0.29) is 30.9 Å². The molecule has 0 fully saturated rings. The van der Waals surface area contributed by atoms with Crippen LogP contribution >= 0.6 is 22.9 Å². The molecule has 0 amide bonds. The predicted octanol–water partition coefficient (Wildman–Crippen LogP) is 3.81. The van der Waals surface area contributed by atoms with Crippen LogP contribution in [0.1, 0.15) is 40.1 Å². The number of Topliss-reactive ketones (excluding diaryl/α,β-unsaturated/α-hetero) is 1. The van der Waals surface area contributed by atoms with E-state index in [4.69, 9.17) is 16.3 Å². The number of aryl methyl sites for hydroxylation is 3. The first kappa shape index (κ1) is 19.8. The van der Waals surface area contributed by atoms with Crippen LogP contribution in [0.25, 0.3) is 10.2 Å². The molecular weight excluding hydrogens is 412 g/mol. The standard InChI is InChI=1S/C21H19ClN2O4S/c22-14-7-5-13(6-8-14)16(25)11-28-18(26)9-10-24-12-23-20-19(21(24)27)15-3-1-2-4-17(15)29-20/h5-8,12H,1-4,9-11H2. The molecule has 1 aliphatic rings. The second-order valence-electron chi connectivity index (χ2n) is 6.97. The van der Waals surface area contributed by atoms with Gasteiger partial charge in [-0.05, 0) is 55.5 Å². The lowest BCUT2D eigenvalue weighted by Crippen LogP contribution is -2.23. The summed E-state index contributed by atoms with van der Waals surface area (Å²) in [7, 11) is 0. The summed E-state index contributed by atoms with van der Waals surface area (Å²) in [5, 5.41) is 1.22.